The molecule has 2 aromatic heterocycles. The predicted octanol–water partition coefficient (Wildman–Crippen LogP) is 21.7. The molecule has 0 saturated heterocycles. The topological polar surface area (TPSA) is 35.6 Å². The van der Waals surface area contributed by atoms with Crippen molar-refractivity contribution < 1.29 is 0 Å². The van der Waals surface area contributed by atoms with Crippen molar-refractivity contribution in [2.45, 2.75) is 0 Å². The number of hydrogen-bond acceptors (Lipinski definition) is 2. The molecular formula is C82H54N4. The minimum Gasteiger partial charge on any atom is -0.292 e. The summed E-state index contributed by atoms with van der Waals surface area (Å²) in [6.45, 7) is 0. The lowest BCUT2D eigenvalue weighted by atomic mass is 9.83. The zero-order chi connectivity index (χ0) is 56.9. The van der Waals surface area contributed by atoms with E-state index in [0.717, 1.165) is 112 Å². The fraction of sp³-hybridized carbons (Fsp3) is 0. The summed E-state index contributed by atoms with van der Waals surface area (Å²) in [4.78, 5) is 10.9. The normalized spacial score (nSPS) is 11.5. The number of aromatic nitrogens is 4. The average Bonchev–Trinajstić information content (AvgIpc) is 1.51. The Bertz CT molecular complexity index is 5140. The molecule has 0 unspecified atom stereocenters. The van der Waals surface area contributed by atoms with Crippen molar-refractivity contribution in [3.05, 3.63) is 328 Å². The van der Waals surface area contributed by atoms with Crippen LogP contribution in [-0.2, 0) is 0 Å². The van der Waals surface area contributed by atoms with Crippen LogP contribution in [0.4, 0.5) is 0 Å². The van der Waals surface area contributed by atoms with E-state index in [1.54, 1.807) is 0 Å². The predicted molar refractivity (Wildman–Crippen MR) is 360 cm³/mol. The maximum atomic E-state index is 5.47. The first-order chi connectivity index (χ1) is 42.7. The van der Waals surface area contributed by atoms with Crippen molar-refractivity contribution in [2.24, 2.45) is 0 Å². The molecule has 0 N–H and O–H groups in total. The Morgan fingerprint density at radius 2 is 0.488 bits per heavy atom. The van der Waals surface area contributed by atoms with Gasteiger partial charge in [-0.15, -0.1) is 0 Å². The molecule has 0 radical (unpaired) electrons. The smallest absolute Gasteiger partial charge is 0.145 e. The van der Waals surface area contributed by atoms with Crippen LogP contribution in [-0.4, -0.2) is 19.1 Å². The van der Waals surface area contributed by atoms with Gasteiger partial charge in [0, 0.05) is 22.5 Å². The van der Waals surface area contributed by atoms with Gasteiger partial charge in [-0.3, -0.25) is 9.13 Å². The van der Waals surface area contributed by atoms with Gasteiger partial charge in [-0.25, -0.2) is 9.97 Å². The van der Waals surface area contributed by atoms with E-state index < -0.39 is 0 Å². The van der Waals surface area contributed by atoms with Crippen LogP contribution >= 0.6 is 0 Å². The molecule has 16 aromatic rings. The third kappa shape index (κ3) is 8.87. The van der Waals surface area contributed by atoms with Crippen molar-refractivity contribution in [2.75, 3.05) is 0 Å². The molecule has 0 aliphatic heterocycles. The molecule has 4 heteroatoms. The van der Waals surface area contributed by atoms with Crippen molar-refractivity contribution in [1.82, 2.24) is 19.1 Å². The molecular weight excluding hydrogens is 1040 g/mol. The second-order valence-electron chi connectivity index (χ2n) is 22.0. The van der Waals surface area contributed by atoms with Crippen molar-refractivity contribution >= 4 is 43.6 Å². The Hall–Kier alpha value is -11.5. The van der Waals surface area contributed by atoms with E-state index in [-0.39, 0.29) is 0 Å². The van der Waals surface area contributed by atoms with Gasteiger partial charge in [0.05, 0.1) is 22.1 Å². The van der Waals surface area contributed by atoms with Gasteiger partial charge >= 0.3 is 0 Å². The van der Waals surface area contributed by atoms with E-state index in [1.165, 1.54) is 43.8 Å². The third-order valence-corrected chi connectivity index (χ3v) is 16.9. The summed E-state index contributed by atoms with van der Waals surface area (Å²) in [5.41, 5.74) is 24.4. The lowest BCUT2D eigenvalue weighted by molar-refractivity contribution is 1.10. The third-order valence-electron chi connectivity index (χ3n) is 16.9. The molecule has 402 valence electrons. The van der Waals surface area contributed by atoms with Gasteiger partial charge in [-0.2, -0.15) is 0 Å². The van der Waals surface area contributed by atoms with Crippen LogP contribution in [0.3, 0.4) is 0 Å². The lowest BCUT2D eigenvalue weighted by Gasteiger charge is -2.20. The van der Waals surface area contributed by atoms with E-state index in [9.17, 15) is 0 Å². The Kier molecular flexibility index (Phi) is 12.5. The summed E-state index contributed by atoms with van der Waals surface area (Å²) in [5, 5.41) is 4.77. The molecule has 0 aliphatic rings. The largest absolute Gasteiger partial charge is 0.292 e. The van der Waals surface area contributed by atoms with Crippen molar-refractivity contribution in [1.29, 1.82) is 0 Å². The molecule has 0 atom stereocenters. The Morgan fingerprint density at radius 3 is 0.895 bits per heavy atom. The van der Waals surface area contributed by atoms with Gasteiger partial charge in [0.15, 0.2) is 0 Å². The van der Waals surface area contributed by atoms with E-state index in [2.05, 4.69) is 337 Å². The first kappa shape index (κ1) is 50.3. The fourth-order valence-electron chi connectivity index (χ4n) is 12.9. The molecule has 16 rings (SSSR count). The zero-order valence-corrected chi connectivity index (χ0v) is 47.0. The van der Waals surface area contributed by atoms with Gasteiger partial charge in [0.2, 0.25) is 0 Å². The minimum absolute atomic E-state index is 0.905. The van der Waals surface area contributed by atoms with E-state index in [0.29, 0.717) is 0 Å². The van der Waals surface area contributed by atoms with Gasteiger partial charge in [0.25, 0.3) is 0 Å². The van der Waals surface area contributed by atoms with E-state index >= 15 is 0 Å². The second-order valence-corrected chi connectivity index (χ2v) is 22.0. The second kappa shape index (κ2) is 21.4. The maximum absolute atomic E-state index is 5.47. The Balaban J connectivity index is 0.873. The van der Waals surface area contributed by atoms with Crippen LogP contribution < -0.4 is 0 Å². The van der Waals surface area contributed by atoms with Crippen molar-refractivity contribution in [3.63, 3.8) is 0 Å². The van der Waals surface area contributed by atoms with Gasteiger partial charge in [-0.1, -0.05) is 267 Å². The molecule has 0 bridgehead atoms. The average molecular weight is 1100 g/mol. The van der Waals surface area contributed by atoms with Crippen LogP contribution in [0.1, 0.15) is 0 Å². The highest BCUT2D eigenvalue weighted by molar-refractivity contribution is 6.23. The molecule has 86 heavy (non-hydrogen) atoms. The molecule has 2 heterocycles. The number of imidazole rings is 2. The number of nitrogens with zero attached hydrogens (tertiary/aromatic N) is 4. The van der Waals surface area contributed by atoms with E-state index in [1.807, 2.05) is 0 Å². The first-order valence-corrected chi connectivity index (χ1v) is 29.4. The first-order valence-electron chi connectivity index (χ1n) is 29.4. The number of rotatable bonds is 11. The highest BCUT2D eigenvalue weighted by Crippen LogP contribution is 2.48. The Labute approximate surface area is 499 Å². The highest BCUT2D eigenvalue weighted by Gasteiger charge is 2.24. The SMILES string of the molecule is c1ccc(-c2cc3c(cc2-c2ccc(-c4ccc5c(-c6ccccc6)c6cc(-c7cc8nc(-c9ccccc9)n(-c9ccccc9)c8cc7-c7ccccc7)ccc6c(-c6ccccc6)c5c4)cc2)nc(-c2ccccc2)n3-c2ccccc2)cc1. The quantitative estimate of drug-likeness (QED) is 0.121. The van der Waals surface area contributed by atoms with E-state index in [4.69, 9.17) is 9.97 Å². The molecule has 14 aromatic carbocycles. The van der Waals surface area contributed by atoms with Crippen LogP contribution in [0.15, 0.2) is 328 Å². The molecule has 0 fully saturated rings. The molecule has 0 spiro atoms. The molecule has 0 saturated carbocycles. The summed E-state index contributed by atoms with van der Waals surface area (Å²) in [6.07, 6.45) is 0. The zero-order valence-electron chi connectivity index (χ0n) is 47.0. The number of fused-ring (bicyclic) bond motifs is 4. The minimum atomic E-state index is 0.905. The fourth-order valence-corrected chi connectivity index (χ4v) is 12.9. The van der Waals surface area contributed by atoms with Crippen LogP contribution in [0.25, 0.3) is 156 Å². The summed E-state index contributed by atoms with van der Waals surface area (Å²) >= 11 is 0. The lowest BCUT2D eigenvalue weighted by Crippen LogP contribution is -1.97. The summed E-state index contributed by atoms with van der Waals surface area (Å²) < 4.78 is 4.60. The van der Waals surface area contributed by atoms with Crippen LogP contribution in [0.5, 0.6) is 0 Å². The van der Waals surface area contributed by atoms with Gasteiger partial charge in [0.1, 0.15) is 11.6 Å². The number of hydrogen-bond donors (Lipinski definition) is 0. The molecule has 4 nitrogen and oxygen atoms in total. The van der Waals surface area contributed by atoms with Crippen molar-refractivity contribution in [3.8, 4) is 112 Å². The summed E-state index contributed by atoms with van der Waals surface area (Å²) in [5.74, 6) is 1.82. The van der Waals surface area contributed by atoms with Gasteiger partial charge in [-0.05, 0) is 160 Å². The standard InChI is InChI=1S/C82H54N4/c1-9-25-56(26-10-1)71-53-77-75(83-81(61-33-17-5-18-34-61)85(77)65-37-21-7-22-38-65)51-69(71)58-43-41-55(42-44-58)63-45-47-67-73(49-63)79(59-29-13-3-14-30-59)68-48-46-64(50-74(68)80(67)60-31-15-4-16-32-60)70-52-76-78(54-72(70)57-27-11-2-12-28-57)86(66-39-23-8-24-40-66)82(84-76)62-35-19-6-20-36-62/h1-54H. The van der Waals surface area contributed by atoms with Crippen LogP contribution in [0.2, 0.25) is 0 Å². The number of para-hydroxylation sites is 2. The summed E-state index contributed by atoms with van der Waals surface area (Å²) in [7, 11) is 0. The monoisotopic (exact) mass is 1090 g/mol. The molecule has 0 aliphatic carbocycles. The summed E-state index contributed by atoms with van der Waals surface area (Å²) in [6, 6.07) is 118. The number of benzene rings is 14. The Morgan fingerprint density at radius 1 is 0.198 bits per heavy atom. The molecule has 0 amide bonds. The highest BCUT2D eigenvalue weighted by atomic mass is 15.1. The maximum Gasteiger partial charge on any atom is 0.145 e. The van der Waals surface area contributed by atoms with Gasteiger partial charge < -0.3 is 0 Å². The van der Waals surface area contributed by atoms with Crippen LogP contribution in [0, 0.1) is 0 Å².